The molecule has 2 aliphatic heterocycles. The lowest BCUT2D eigenvalue weighted by Gasteiger charge is -2.41. The molecule has 0 radical (unpaired) electrons. The largest absolute Gasteiger partial charge is 0.330 e. The minimum absolute atomic E-state index is 0.0851. The molecular formula is C29H30FN5O. The number of aromatic nitrogens is 3. The van der Waals surface area contributed by atoms with Crippen LogP contribution in [0, 0.1) is 5.82 Å². The molecule has 7 heteroatoms. The van der Waals surface area contributed by atoms with Crippen LogP contribution in [0.15, 0.2) is 67.0 Å². The molecule has 2 atom stereocenters. The molecule has 0 saturated carbocycles. The number of carbonyl (C=O) groups excluding carboxylic acids is 1. The van der Waals surface area contributed by atoms with Crippen molar-refractivity contribution >= 4 is 11.7 Å². The fraction of sp³-hybridized carbons (Fsp3) is 0.345. The summed E-state index contributed by atoms with van der Waals surface area (Å²) in [6.07, 6.45) is 5.67. The van der Waals surface area contributed by atoms with Crippen LogP contribution in [0.2, 0.25) is 0 Å². The third-order valence-corrected chi connectivity index (χ3v) is 7.62. The topological polar surface area (TPSA) is 53.7 Å². The first-order valence-electron chi connectivity index (χ1n) is 12.7. The predicted molar refractivity (Wildman–Crippen MR) is 137 cm³/mol. The number of imidazole rings is 1. The molecular weight excluding hydrogens is 453 g/mol. The van der Waals surface area contributed by atoms with Crippen LogP contribution in [-0.2, 0) is 6.54 Å². The molecule has 4 heterocycles. The summed E-state index contributed by atoms with van der Waals surface area (Å²) in [4.78, 5) is 27.0. The molecule has 0 spiro atoms. The van der Waals surface area contributed by atoms with Gasteiger partial charge in [0.2, 0.25) is 5.78 Å². The van der Waals surface area contributed by atoms with Gasteiger partial charge in [0.15, 0.2) is 0 Å². The normalized spacial score (nSPS) is 19.9. The SMILES string of the molecule is CC(C)c1ccc(-c2nc3ncccn3c2CN2CC3CCC(C2)N3C(=O)c2ccccc2F)cc1. The molecule has 184 valence electrons. The monoisotopic (exact) mass is 483 g/mol. The Kier molecular flexibility index (Phi) is 5.80. The smallest absolute Gasteiger partial charge is 0.257 e. The van der Waals surface area contributed by atoms with Crippen molar-refractivity contribution in [3.63, 3.8) is 0 Å². The Hall–Kier alpha value is -3.58. The average molecular weight is 484 g/mol. The third kappa shape index (κ3) is 3.97. The van der Waals surface area contributed by atoms with Crippen LogP contribution in [-0.4, -0.2) is 55.2 Å². The molecule has 2 aliphatic rings. The zero-order valence-electron chi connectivity index (χ0n) is 20.6. The molecule has 2 fully saturated rings. The molecule has 0 aliphatic carbocycles. The van der Waals surface area contributed by atoms with E-state index in [1.165, 1.54) is 11.6 Å². The summed E-state index contributed by atoms with van der Waals surface area (Å²) < 4.78 is 16.4. The fourth-order valence-electron chi connectivity index (χ4n) is 5.78. The number of benzene rings is 2. The predicted octanol–water partition coefficient (Wildman–Crippen LogP) is 5.15. The van der Waals surface area contributed by atoms with Gasteiger partial charge in [0, 0.05) is 49.7 Å². The highest BCUT2D eigenvalue weighted by Crippen LogP contribution is 2.34. The Morgan fingerprint density at radius 2 is 1.75 bits per heavy atom. The zero-order chi connectivity index (χ0) is 24.8. The number of fused-ring (bicyclic) bond motifs is 3. The van der Waals surface area contributed by atoms with E-state index in [4.69, 9.17) is 4.98 Å². The molecule has 0 N–H and O–H groups in total. The molecule has 2 bridgehead atoms. The summed E-state index contributed by atoms with van der Waals surface area (Å²) in [6.45, 7) is 6.62. The molecule has 1 amide bonds. The van der Waals surface area contributed by atoms with Crippen LogP contribution in [0.4, 0.5) is 4.39 Å². The molecule has 2 unspecified atom stereocenters. The molecule has 2 aromatic heterocycles. The van der Waals surface area contributed by atoms with Crippen molar-refractivity contribution in [1.82, 2.24) is 24.2 Å². The number of hydrogen-bond acceptors (Lipinski definition) is 4. The Balaban J connectivity index is 1.28. The maximum absolute atomic E-state index is 14.3. The molecule has 2 aromatic carbocycles. The number of halogens is 1. The number of likely N-dealkylation sites (tertiary alicyclic amines) is 1. The Bertz CT molecular complexity index is 1400. The van der Waals surface area contributed by atoms with Crippen molar-refractivity contribution in [2.75, 3.05) is 13.1 Å². The zero-order valence-corrected chi connectivity index (χ0v) is 20.6. The van der Waals surface area contributed by atoms with Gasteiger partial charge >= 0.3 is 0 Å². The summed E-state index contributed by atoms with van der Waals surface area (Å²) >= 11 is 0. The van der Waals surface area contributed by atoms with E-state index in [9.17, 15) is 9.18 Å². The van der Waals surface area contributed by atoms with E-state index < -0.39 is 5.82 Å². The van der Waals surface area contributed by atoms with E-state index in [2.05, 4.69) is 52.4 Å². The first-order valence-corrected chi connectivity index (χ1v) is 12.7. The second kappa shape index (κ2) is 9.13. The number of nitrogens with zero attached hydrogens (tertiary/aromatic N) is 5. The van der Waals surface area contributed by atoms with Crippen molar-refractivity contribution in [2.45, 2.75) is 51.2 Å². The third-order valence-electron chi connectivity index (χ3n) is 7.62. The second-order valence-corrected chi connectivity index (χ2v) is 10.2. The van der Waals surface area contributed by atoms with Gasteiger partial charge < -0.3 is 4.90 Å². The summed E-state index contributed by atoms with van der Waals surface area (Å²) in [5, 5.41) is 0. The van der Waals surface area contributed by atoms with Gasteiger partial charge in [-0.2, -0.15) is 0 Å². The van der Waals surface area contributed by atoms with Crippen molar-refractivity contribution in [1.29, 1.82) is 0 Å². The van der Waals surface area contributed by atoms with Gasteiger partial charge in [0.25, 0.3) is 5.91 Å². The average Bonchev–Trinajstić information content (AvgIpc) is 3.38. The Morgan fingerprint density at radius 1 is 1.03 bits per heavy atom. The maximum Gasteiger partial charge on any atom is 0.257 e. The van der Waals surface area contributed by atoms with Crippen LogP contribution >= 0.6 is 0 Å². The van der Waals surface area contributed by atoms with Gasteiger partial charge in [-0.1, -0.05) is 50.2 Å². The van der Waals surface area contributed by atoms with Gasteiger partial charge in [0.05, 0.1) is 17.0 Å². The molecule has 6 nitrogen and oxygen atoms in total. The number of carbonyl (C=O) groups is 1. The highest BCUT2D eigenvalue weighted by Gasteiger charge is 2.43. The van der Waals surface area contributed by atoms with E-state index >= 15 is 0 Å². The van der Waals surface area contributed by atoms with Crippen molar-refractivity contribution in [2.24, 2.45) is 0 Å². The van der Waals surface area contributed by atoms with Gasteiger partial charge in [-0.15, -0.1) is 0 Å². The second-order valence-electron chi connectivity index (χ2n) is 10.2. The number of piperazine rings is 1. The van der Waals surface area contributed by atoms with E-state index in [0.29, 0.717) is 18.2 Å². The van der Waals surface area contributed by atoms with Crippen molar-refractivity contribution in [3.8, 4) is 11.3 Å². The van der Waals surface area contributed by atoms with E-state index in [0.717, 1.165) is 42.9 Å². The van der Waals surface area contributed by atoms with Crippen LogP contribution in [0.25, 0.3) is 17.0 Å². The highest BCUT2D eigenvalue weighted by molar-refractivity contribution is 5.95. The Labute approximate surface area is 210 Å². The van der Waals surface area contributed by atoms with Crippen molar-refractivity contribution in [3.05, 3.63) is 89.6 Å². The minimum Gasteiger partial charge on any atom is -0.330 e. The highest BCUT2D eigenvalue weighted by atomic mass is 19.1. The summed E-state index contributed by atoms with van der Waals surface area (Å²) in [5.41, 5.74) is 4.60. The minimum atomic E-state index is -0.448. The molecule has 2 saturated heterocycles. The van der Waals surface area contributed by atoms with E-state index in [1.54, 1.807) is 24.4 Å². The van der Waals surface area contributed by atoms with Crippen LogP contribution < -0.4 is 0 Å². The molecule has 36 heavy (non-hydrogen) atoms. The standard InChI is InChI=1S/C29H30FN5O/c1-19(2)20-8-10-21(11-9-20)27-26(34-15-5-14-31-29(34)32-27)18-33-16-22-12-13-23(17-33)35(22)28(36)24-6-3-4-7-25(24)30/h3-11,14-15,19,22-23H,12-13,16-18H2,1-2H3. The lowest BCUT2D eigenvalue weighted by atomic mass is 10.00. The van der Waals surface area contributed by atoms with Gasteiger partial charge in [-0.25, -0.2) is 14.4 Å². The van der Waals surface area contributed by atoms with Crippen LogP contribution in [0.1, 0.15) is 54.2 Å². The quantitative estimate of drug-likeness (QED) is 0.394. The number of amides is 1. The maximum atomic E-state index is 14.3. The summed E-state index contributed by atoms with van der Waals surface area (Å²) in [6, 6.07) is 17.0. The van der Waals surface area contributed by atoms with Crippen molar-refractivity contribution < 1.29 is 9.18 Å². The van der Waals surface area contributed by atoms with Crippen LogP contribution in [0.3, 0.4) is 0 Å². The number of hydrogen-bond donors (Lipinski definition) is 0. The van der Waals surface area contributed by atoms with Gasteiger partial charge in [-0.3, -0.25) is 14.1 Å². The summed E-state index contributed by atoms with van der Waals surface area (Å²) in [5.74, 6) is 0.521. The van der Waals surface area contributed by atoms with E-state index in [1.807, 2.05) is 17.2 Å². The summed E-state index contributed by atoms with van der Waals surface area (Å²) in [7, 11) is 0. The first kappa shape index (κ1) is 22.9. The molecule has 6 rings (SSSR count). The van der Waals surface area contributed by atoms with Gasteiger partial charge in [0.1, 0.15) is 5.82 Å². The van der Waals surface area contributed by atoms with Crippen LogP contribution in [0.5, 0.6) is 0 Å². The Morgan fingerprint density at radius 3 is 2.44 bits per heavy atom. The lowest BCUT2D eigenvalue weighted by Crippen LogP contribution is -2.55. The first-order chi connectivity index (χ1) is 17.5. The molecule has 4 aromatic rings. The fourth-order valence-corrected chi connectivity index (χ4v) is 5.78. The van der Waals surface area contributed by atoms with Gasteiger partial charge in [-0.05, 0) is 42.5 Å². The van der Waals surface area contributed by atoms with E-state index in [-0.39, 0.29) is 23.6 Å². The number of rotatable bonds is 5. The lowest BCUT2D eigenvalue weighted by molar-refractivity contribution is 0.0398.